The van der Waals surface area contributed by atoms with Gasteiger partial charge in [0.25, 0.3) is 0 Å². The third-order valence-electron chi connectivity index (χ3n) is 3.30. The summed E-state index contributed by atoms with van der Waals surface area (Å²) < 4.78 is 0.987. The Morgan fingerprint density at radius 2 is 2.42 bits per heavy atom. The second kappa shape index (κ2) is 6.89. The summed E-state index contributed by atoms with van der Waals surface area (Å²) in [6.45, 7) is 3.89. The molecule has 1 amide bonds. The molecule has 1 aliphatic heterocycles. The molecule has 2 rings (SSSR count). The second-order valence-electron chi connectivity index (χ2n) is 4.94. The molecule has 0 bridgehead atoms. The van der Waals surface area contributed by atoms with E-state index in [4.69, 9.17) is 0 Å². The minimum Gasteiger partial charge on any atom is -0.355 e. The molecule has 1 aromatic rings. The summed E-state index contributed by atoms with van der Waals surface area (Å²) in [5.74, 6) is 1.15. The van der Waals surface area contributed by atoms with Crippen molar-refractivity contribution in [2.45, 2.75) is 38.6 Å². The molecule has 1 saturated heterocycles. The number of hydrogen-bond acceptors (Lipinski definition) is 3. The van der Waals surface area contributed by atoms with E-state index in [1.165, 1.54) is 0 Å². The standard InChI is InChI=1S/C14H20BrN3O/c1-2-4-14(19)17-12-5-3-8-18(10-12)13-7-6-11(15)9-16-13/h6-7,9,12H,2-5,8,10H2,1H3,(H,17,19)/t12-/m0/s1. The number of pyridine rings is 1. The van der Waals surface area contributed by atoms with Crippen molar-refractivity contribution in [3.8, 4) is 0 Å². The molecule has 1 fully saturated rings. The van der Waals surface area contributed by atoms with Crippen molar-refractivity contribution in [2.24, 2.45) is 0 Å². The van der Waals surface area contributed by atoms with Crippen molar-refractivity contribution < 1.29 is 4.79 Å². The quantitative estimate of drug-likeness (QED) is 0.925. The number of halogens is 1. The molecular weight excluding hydrogens is 306 g/mol. The summed E-state index contributed by atoms with van der Waals surface area (Å²) in [5.41, 5.74) is 0. The molecule has 19 heavy (non-hydrogen) atoms. The van der Waals surface area contributed by atoms with Gasteiger partial charge in [0.2, 0.25) is 5.91 Å². The third-order valence-corrected chi connectivity index (χ3v) is 3.77. The van der Waals surface area contributed by atoms with Crippen LogP contribution < -0.4 is 10.2 Å². The number of anilines is 1. The molecule has 0 aliphatic carbocycles. The van der Waals surface area contributed by atoms with Gasteiger partial charge in [-0.3, -0.25) is 4.79 Å². The monoisotopic (exact) mass is 325 g/mol. The zero-order valence-electron chi connectivity index (χ0n) is 11.2. The fourth-order valence-corrected chi connectivity index (χ4v) is 2.62. The molecule has 0 saturated carbocycles. The zero-order valence-corrected chi connectivity index (χ0v) is 12.8. The van der Waals surface area contributed by atoms with Crippen LogP contribution in [0.3, 0.4) is 0 Å². The molecular formula is C14H20BrN3O. The van der Waals surface area contributed by atoms with Gasteiger partial charge in [0, 0.05) is 36.2 Å². The lowest BCUT2D eigenvalue weighted by Crippen LogP contribution is -2.48. The normalized spacial score (nSPS) is 19.3. The maximum absolute atomic E-state index is 11.6. The Kier molecular flexibility index (Phi) is 5.19. The number of nitrogens with zero attached hydrogens (tertiary/aromatic N) is 2. The van der Waals surface area contributed by atoms with E-state index >= 15 is 0 Å². The summed E-state index contributed by atoms with van der Waals surface area (Å²) in [6.07, 6.45) is 5.48. The van der Waals surface area contributed by atoms with Crippen molar-refractivity contribution >= 4 is 27.7 Å². The summed E-state index contributed by atoms with van der Waals surface area (Å²) in [6, 6.07) is 4.26. The smallest absolute Gasteiger partial charge is 0.220 e. The van der Waals surface area contributed by atoms with Gasteiger partial charge in [-0.15, -0.1) is 0 Å². The molecule has 1 aliphatic rings. The Morgan fingerprint density at radius 3 is 3.11 bits per heavy atom. The number of amides is 1. The van der Waals surface area contributed by atoms with Crippen LogP contribution in [0.2, 0.25) is 0 Å². The van der Waals surface area contributed by atoms with Gasteiger partial charge in [-0.2, -0.15) is 0 Å². The molecule has 0 aromatic carbocycles. The van der Waals surface area contributed by atoms with Crippen LogP contribution in [0.4, 0.5) is 5.82 Å². The van der Waals surface area contributed by atoms with Gasteiger partial charge >= 0.3 is 0 Å². The third kappa shape index (κ3) is 4.20. The zero-order chi connectivity index (χ0) is 13.7. The Morgan fingerprint density at radius 1 is 1.58 bits per heavy atom. The van der Waals surface area contributed by atoms with Crippen LogP contribution in [0.5, 0.6) is 0 Å². The molecule has 0 unspecified atom stereocenters. The largest absolute Gasteiger partial charge is 0.355 e. The number of carbonyl (C=O) groups excluding carboxylic acids is 1. The topological polar surface area (TPSA) is 45.2 Å². The Labute approximate surface area is 122 Å². The van der Waals surface area contributed by atoms with Crippen LogP contribution in [0, 0.1) is 0 Å². The van der Waals surface area contributed by atoms with Gasteiger partial charge in [0.1, 0.15) is 5.82 Å². The maximum atomic E-state index is 11.6. The van der Waals surface area contributed by atoms with E-state index in [2.05, 4.69) is 31.1 Å². The minimum absolute atomic E-state index is 0.165. The van der Waals surface area contributed by atoms with Crippen LogP contribution in [-0.4, -0.2) is 30.0 Å². The lowest BCUT2D eigenvalue weighted by molar-refractivity contribution is -0.121. The Hall–Kier alpha value is -1.10. The van der Waals surface area contributed by atoms with Crippen molar-refractivity contribution in [1.82, 2.24) is 10.3 Å². The van der Waals surface area contributed by atoms with Crippen LogP contribution >= 0.6 is 15.9 Å². The highest BCUT2D eigenvalue weighted by atomic mass is 79.9. The van der Waals surface area contributed by atoms with Crippen LogP contribution in [-0.2, 0) is 4.79 Å². The predicted molar refractivity (Wildman–Crippen MR) is 80.2 cm³/mol. The molecule has 1 aromatic heterocycles. The molecule has 0 radical (unpaired) electrons. The van der Waals surface area contributed by atoms with E-state index in [-0.39, 0.29) is 11.9 Å². The van der Waals surface area contributed by atoms with Gasteiger partial charge in [0.05, 0.1) is 0 Å². The van der Waals surface area contributed by atoms with Crippen molar-refractivity contribution in [2.75, 3.05) is 18.0 Å². The first-order chi connectivity index (χ1) is 9.19. The molecule has 4 nitrogen and oxygen atoms in total. The minimum atomic E-state index is 0.165. The number of rotatable bonds is 4. The first-order valence-electron chi connectivity index (χ1n) is 6.85. The summed E-state index contributed by atoms with van der Waals surface area (Å²) in [7, 11) is 0. The maximum Gasteiger partial charge on any atom is 0.220 e. The number of aromatic nitrogens is 1. The fraction of sp³-hybridized carbons (Fsp3) is 0.571. The van der Waals surface area contributed by atoms with E-state index < -0.39 is 0 Å². The second-order valence-corrected chi connectivity index (χ2v) is 5.85. The average molecular weight is 326 g/mol. The number of hydrogen-bond donors (Lipinski definition) is 1. The predicted octanol–water partition coefficient (Wildman–Crippen LogP) is 2.73. The van der Waals surface area contributed by atoms with E-state index in [1.54, 1.807) is 0 Å². The van der Waals surface area contributed by atoms with Gasteiger partial charge in [-0.25, -0.2) is 4.98 Å². The fourth-order valence-electron chi connectivity index (χ4n) is 2.39. The summed E-state index contributed by atoms with van der Waals surface area (Å²) in [5, 5.41) is 3.11. The van der Waals surface area contributed by atoms with E-state index in [0.29, 0.717) is 6.42 Å². The summed E-state index contributed by atoms with van der Waals surface area (Å²) >= 11 is 3.39. The van der Waals surface area contributed by atoms with Gasteiger partial charge < -0.3 is 10.2 Å². The SMILES string of the molecule is CCCC(=O)N[C@H]1CCCN(c2ccc(Br)cn2)C1. The van der Waals surface area contributed by atoms with Crippen LogP contribution in [0.1, 0.15) is 32.6 Å². The lowest BCUT2D eigenvalue weighted by atomic mass is 10.1. The van der Waals surface area contributed by atoms with Crippen LogP contribution in [0.25, 0.3) is 0 Å². The number of carbonyl (C=O) groups is 1. The van der Waals surface area contributed by atoms with Crippen molar-refractivity contribution in [1.29, 1.82) is 0 Å². The molecule has 104 valence electrons. The van der Waals surface area contributed by atoms with Gasteiger partial charge in [-0.1, -0.05) is 6.92 Å². The Balaban J connectivity index is 1.93. The molecule has 2 heterocycles. The number of piperidine rings is 1. The van der Waals surface area contributed by atoms with Gasteiger partial charge in [0.15, 0.2) is 0 Å². The van der Waals surface area contributed by atoms with Gasteiger partial charge in [-0.05, 0) is 47.3 Å². The highest BCUT2D eigenvalue weighted by Crippen LogP contribution is 2.19. The molecule has 1 atom stereocenters. The highest BCUT2D eigenvalue weighted by Gasteiger charge is 2.21. The highest BCUT2D eigenvalue weighted by molar-refractivity contribution is 9.10. The molecule has 0 spiro atoms. The molecule has 5 heteroatoms. The van der Waals surface area contributed by atoms with Crippen LogP contribution in [0.15, 0.2) is 22.8 Å². The Bertz CT molecular complexity index is 421. The molecule has 1 N–H and O–H groups in total. The average Bonchev–Trinajstić information content (AvgIpc) is 2.40. The first-order valence-corrected chi connectivity index (χ1v) is 7.64. The van der Waals surface area contributed by atoms with Crippen molar-refractivity contribution in [3.05, 3.63) is 22.8 Å². The lowest BCUT2D eigenvalue weighted by Gasteiger charge is -2.34. The van der Waals surface area contributed by atoms with E-state index in [1.807, 2.05) is 25.3 Å². The van der Waals surface area contributed by atoms with E-state index in [0.717, 1.165) is 42.6 Å². The summed E-state index contributed by atoms with van der Waals surface area (Å²) in [4.78, 5) is 18.3. The van der Waals surface area contributed by atoms with Crippen molar-refractivity contribution in [3.63, 3.8) is 0 Å². The number of nitrogens with one attached hydrogen (secondary N) is 1. The first kappa shape index (κ1) is 14.3. The van der Waals surface area contributed by atoms with E-state index in [9.17, 15) is 4.79 Å².